The summed E-state index contributed by atoms with van der Waals surface area (Å²) in [5.41, 5.74) is 2.01. The minimum Gasteiger partial charge on any atom is -0.379 e. The van der Waals surface area contributed by atoms with Crippen molar-refractivity contribution in [3.05, 3.63) is 35.4 Å². The highest BCUT2D eigenvalue weighted by atomic mass is 16.5. The Bertz CT molecular complexity index is 385. The molecule has 16 heavy (non-hydrogen) atoms. The molecule has 3 heteroatoms. The number of rotatable bonds is 3. The van der Waals surface area contributed by atoms with Gasteiger partial charge in [-0.2, -0.15) is 5.26 Å². The zero-order chi connectivity index (χ0) is 11.4. The van der Waals surface area contributed by atoms with Gasteiger partial charge in [0.15, 0.2) is 0 Å². The van der Waals surface area contributed by atoms with Crippen LogP contribution >= 0.6 is 0 Å². The Morgan fingerprint density at radius 2 is 2.19 bits per heavy atom. The first kappa shape index (κ1) is 11.1. The van der Waals surface area contributed by atoms with E-state index in [1.54, 1.807) is 0 Å². The quantitative estimate of drug-likeness (QED) is 0.838. The van der Waals surface area contributed by atoms with Gasteiger partial charge in [0.2, 0.25) is 0 Å². The third kappa shape index (κ3) is 2.60. The molecule has 1 N–H and O–H groups in total. The van der Waals surface area contributed by atoms with Crippen LogP contribution in [0.4, 0.5) is 0 Å². The van der Waals surface area contributed by atoms with Crippen LogP contribution in [-0.2, 0) is 11.3 Å². The van der Waals surface area contributed by atoms with E-state index in [-0.39, 0.29) is 5.54 Å². The van der Waals surface area contributed by atoms with Gasteiger partial charge in [-0.1, -0.05) is 12.1 Å². The lowest BCUT2D eigenvalue weighted by atomic mass is 10.0. The van der Waals surface area contributed by atoms with Crippen LogP contribution in [0.25, 0.3) is 0 Å². The Labute approximate surface area is 96.0 Å². The van der Waals surface area contributed by atoms with Crippen molar-refractivity contribution in [1.29, 1.82) is 5.26 Å². The summed E-state index contributed by atoms with van der Waals surface area (Å²) in [6.45, 7) is 4.63. The lowest BCUT2D eigenvalue weighted by Crippen LogP contribution is -2.42. The van der Waals surface area contributed by atoms with Crippen molar-refractivity contribution in [2.45, 2.75) is 25.4 Å². The molecule has 0 spiro atoms. The number of nitrogens with zero attached hydrogens (tertiary/aromatic N) is 1. The van der Waals surface area contributed by atoms with Gasteiger partial charge >= 0.3 is 0 Å². The summed E-state index contributed by atoms with van der Waals surface area (Å²) in [5.74, 6) is 0. The number of benzene rings is 1. The van der Waals surface area contributed by atoms with Crippen molar-refractivity contribution in [2.75, 3.05) is 13.2 Å². The highest BCUT2D eigenvalue weighted by Crippen LogP contribution is 2.18. The van der Waals surface area contributed by atoms with E-state index >= 15 is 0 Å². The van der Waals surface area contributed by atoms with Crippen molar-refractivity contribution < 1.29 is 4.74 Å². The maximum atomic E-state index is 8.69. The number of nitriles is 1. The Balaban J connectivity index is 1.92. The average molecular weight is 216 g/mol. The molecule has 0 radical (unpaired) electrons. The first-order valence-electron chi connectivity index (χ1n) is 5.54. The molecule has 1 atom stereocenters. The van der Waals surface area contributed by atoms with Gasteiger partial charge in [0.1, 0.15) is 0 Å². The fraction of sp³-hybridized carbons (Fsp3) is 0.462. The second-order valence-electron chi connectivity index (χ2n) is 4.53. The fourth-order valence-corrected chi connectivity index (χ4v) is 1.82. The van der Waals surface area contributed by atoms with Gasteiger partial charge in [0.25, 0.3) is 0 Å². The van der Waals surface area contributed by atoms with Gasteiger partial charge in [-0.15, -0.1) is 0 Å². The predicted molar refractivity (Wildman–Crippen MR) is 61.8 cm³/mol. The van der Waals surface area contributed by atoms with Crippen LogP contribution in [0.2, 0.25) is 0 Å². The topological polar surface area (TPSA) is 45.0 Å². The molecule has 1 aliphatic rings. The molecule has 1 unspecified atom stereocenters. The monoisotopic (exact) mass is 216 g/mol. The smallest absolute Gasteiger partial charge is 0.0991 e. The van der Waals surface area contributed by atoms with E-state index in [0.29, 0.717) is 5.56 Å². The Hall–Kier alpha value is -1.37. The lowest BCUT2D eigenvalue weighted by Gasteiger charge is -2.23. The van der Waals surface area contributed by atoms with Crippen LogP contribution in [0.1, 0.15) is 24.5 Å². The Morgan fingerprint density at radius 3 is 2.75 bits per heavy atom. The second-order valence-corrected chi connectivity index (χ2v) is 4.53. The molecule has 84 valence electrons. The van der Waals surface area contributed by atoms with Crippen molar-refractivity contribution >= 4 is 0 Å². The first-order valence-corrected chi connectivity index (χ1v) is 5.54. The normalized spacial score (nSPS) is 24.2. The highest BCUT2D eigenvalue weighted by Gasteiger charge is 2.28. The molecular formula is C13H16N2O. The van der Waals surface area contributed by atoms with Crippen LogP contribution in [0.3, 0.4) is 0 Å². The van der Waals surface area contributed by atoms with Crippen LogP contribution in [-0.4, -0.2) is 18.8 Å². The van der Waals surface area contributed by atoms with Crippen molar-refractivity contribution in [3.63, 3.8) is 0 Å². The molecular weight excluding hydrogens is 200 g/mol. The number of hydrogen-bond acceptors (Lipinski definition) is 3. The minimum atomic E-state index is 0.105. The molecule has 1 fully saturated rings. The van der Waals surface area contributed by atoms with Crippen LogP contribution < -0.4 is 5.32 Å². The summed E-state index contributed by atoms with van der Waals surface area (Å²) in [6.07, 6.45) is 1.06. The molecule has 0 saturated carbocycles. The minimum absolute atomic E-state index is 0.105. The molecule has 2 rings (SSSR count). The van der Waals surface area contributed by atoms with Crippen molar-refractivity contribution in [3.8, 4) is 6.07 Å². The summed E-state index contributed by atoms with van der Waals surface area (Å²) in [5, 5.41) is 12.2. The second kappa shape index (κ2) is 4.65. The molecule has 0 aliphatic carbocycles. The van der Waals surface area contributed by atoms with Crippen LogP contribution in [0.5, 0.6) is 0 Å². The van der Waals surface area contributed by atoms with E-state index in [1.807, 2.05) is 24.3 Å². The standard InChI is InChI=1S/C13H16N2O/c1-13(6-7-16-10-13)15-9-12-4-2-11(8-14)3-5-12/h2-5,15H,6-7,9-10H2,1H3. The maximum absolute atomic E-state index is 8.69. The predicted octanol–water partition coefficient (Wildman–Crippen LogP) is 1.83. The molecule has 0 aromatic heterocycles. The van der Waals surface area contributed by atoms with Crippen LogP contribution in [0.15, 0.2) is 24.3 Å². The largest absolute Gasteiger partial charge is 0.379 e. The number of nitrogens with one attached hydrogen (secondary N) is 1. The molecule has 0 amide bonds. The zero-order valence-electron chi connectivity index (χ0n) is 9.49. The molecule has 1 aromatic rings. The van der Waals surface area contributed by atoms with E-state index < -0.39 is 0 Å². The van der Waals surface area contributed by atoms with E-state index in [9.17, 15) is 0 Å². The summed E-state index contributed by atoms with van der Waals surface area (Å²) in [6, 6.07) is 9.80. The molecule has 1 saturated heterocycles. The summed E-state index contributed by atoms with van der Waals surface area (Å²) < 4.78 is 5.38. The summed E-state index contributed by atoms with van der Waals surface area (Å²) in [4.78, 5) is 0. The van der Waals surface area contributed by atoms with Gasteiger partial charge in [-0.3, -0.25) is 0 Å². The molecule has 3 nitrogen and oxygen atoms in total. The third-order valence-corrected chi connectivity index (χ3v) is 3.02. The van der Waals surface area contributed by atoms with Gasteiger partial charge in [0.05, 0.1) is 18.2 Å². The molecule has 1 aromatic carbocycles. The van der Waals surface area contributed by atoms with Crippen molar-refractivity contribution in [2.24, 2.45) is 0 Å². The molecule has 1 heterocycles. The summed E-state index contributed by atoms with van der Waals surface area (Å²) >= 11 is 0. The third-order valence-electron chi connectivity index (χ3n) is 3.02. The van der Waals surface area contributed by atoms with Crippen molar-refractivity contribution in [1.82, 2.24) is 5.32 Å². The average Bonchev–Trinajstić information content (AvgIpc) is 2.75. The zero-order valence-corrected chi connectivity index (χ0v) is 9.49. The molecule has 0 bridgehead atoms. The van der Waals surface area contributed by atoms with E-state index in [2.05, 4.69) is 18.3 Å². The van der Waals surface area contributed by atoms with E-state index in [1.165, 1.54) is 5.56 Å². The van der Waals surface area contributed by atoms with E-state index in [4.69, 9.17) is 10.00 Å². The molecule has 1 aliphatic heterocycles. The van der Waals surface area contributed by atoms with Gasteiger partial charge in [0, 0.05) is 18.7 Å². The number of hydrogen-bond donors (Lipinski definition) is 1. The van der Waals surface area contributed by atoms with Gasteiger partial charge < -0.3 is 10.1 Å². The van der Waals surface area contributed by atoms with E-state index in [0.717, 1.165) is 26.2 Å². The lowest BCUT2D eigenvalue weighted by molar-refractivity contribution is 0.171. The van der Waals surface area contributed by atoms with Gasteiger partial charge in [-0.05, 0) is 31.0 Å². The van der Waals surface area contributed by atoms with Gasteiger partial charge in [-0.25, -0.2) is 0 Å². The Morgan fingerprint density at radius 1 is 1.44 bits per heavy atom. The van der Waals surface area contributed by atoms with Crippen LogP contribution in [0, 0.1) is 11.3 Å². The number of ether oxygens (including phenoxy) is 1. The summed E-state index contributed by atoms with van der Waals surface area (Å²) in [7, 11) is 0. The maximum Gasteiger partial charge on any atom is 0.0991 e. The first-order chi connectivity index (χ1) is 7.72. The Kier molecular flexibility index (Phi) is 3.23. The SMILES string of the molecule is CC1(NCc2ccc(C#N)cc2)CCOC1. The highest BCUT2D eigenvalue weighted by molar-refractivity contribution is 5.31. The fourth-order valence-electron chi connectivity index (χ4n) is 1.82.